The lowest BCUT2D eigenvalue weighted by Crippen LogP contribution is -2.34. The van der Waals surface area contributed by atoms with Crippen LogP contribution in [0.2, 0.25) is 0 Å². The zero-order valence-electron chi connectivity index (χ0n) is 15.4. The van der Waals surface area contributed by atoms with E-state index in [0.29, 0.717) is 6.04 Å². The summed E-state index contributed by atoms with van der Waals surface area (Å²) in [6.45, 7) is 6.37. The lowest BCUT2D eigenvalue weighted by atomic mass is 9.95. The number of ether oxygens (including phenoxy) is 1. The van der Waals surface area contributed by atoms with Crippen LogP contribution in [0.3, 0.4) is 0 Å². The Morgan fingerprint density at radius 2 is 1.88 bits per heavy atom. The van der Waals surface area contributed by atoms with Gasteiger partial charge in [0.15, 0.2) is 0 Å². The molecular formula is C20H29N3O2. The van der Waals surface area contributed by atoms with Gasteiger partial charge in [0, 0.05) is 23.5 Å². The fourth-order valence-corrected chi connectivity index (χ4v) is 3.21. The molecule has 2 aromatic rings. The van der Waals surface area contributed by atoms with Gasteiger partial charge in [0.05, 0.1) is 18.3 Å². The van der Waals surface area contributed by atoms with Gasteiger partial charge in [-0.3, -0.25) is 4.68 Å². The lowest BCUT2D eigenvalue weighted by Gasteiger charge is -2.28. The van der Waals surface area contributed by atoms with Crippen LogP contribution in [0, 0.1) is 0 Å². The number of aromatic nitrogens is 2. The number of nitrogens with zero attached hydrogens (tertiary/aromatic N) is 2. The number of benzene rings is 1. The SMILES string of the molecule is CC(Nc1ccc(OC2CCCCC2O)cc1)c1cnn(C(C)C)c1. The first-order chi connectivity index (χ1) is 12.0. The quantitative estimate of drug-likeness (QED) is 0.820. The van der Waals surface area contributed by atoms with Crippen molar-refractivity contribution in [1.29, 1.82) is 0 Å². The van der Waals surface area contributed by atoms with Crippen molar-refractivity contribution in [2.75, 3.05) is 5.32 Å². The second kappa shape index (κ2) is 7.91. The zero-order valence-corrected chi connectivity index (χ0v) is 15.4. The van der Waals surface area contributed by atoms with Crippen LogP contribution in [-0.2, 0) is 0 Å². The Balaban J connectivity index is 1.58. The van der Waals surface area contributed by atoms with Gasteiger partial charge in [0.1, 0.15) is 11.9 Å². The molecule has 5 nitrogen and oxygen atoms in total. The number of hydrogen-bond donors (Lipinski definition) is 2. The van der Waals surface area contributed by atoms with Gasteiger partial charge >= 0.3 is 0 Å². The highest BCUT2D eigenvalue weighted by molar-refractivity contribution is 5.48. The molecule has 0 bridgehead atoms. The number of aliphatic hydroxyl groups is 1. The summed E-state index contributed by atoms with van der Waals surface area (Å²) in [5.74, 6) is 0.816. The number of rotatable bonds is 6. The fourth-order valence-electron chi connectivity index (χ4n) is 3.21. The molecule has 0 aliphatic heterocycles. The van der Waals surface area contributed by atoms with Gasteiger partial charge in [-0.05, 0) is 64.3 Å². The van der Waals surface area contributed by atoms with E-state index in [0.717, 1.165) is 37.1 Å². The minimum atomic E-state index is -0.343. The summed E-state index contributed by atoms with van der Waals surface area (Å²) >= 11 is 0. The zero-order chi connectivity index (χ0) is 17.8. The van der Waals surface area contributed by atoms with Crippen molar-refractivity contribution in [2.45, 2.75) is 70.7 Å². The fraction of sp³-hybridized carbons (Fsp3) is 0.550. The van der Waals surface area contributed by atoms with Crippen LogP contribution in [-0.4, -0.2) is 27.1 Å². The van der Waals surface area contributed by atoms with E-state index in [-0.39, 0.29) is 18.2 Å². The molecule has 0 saturated heterocycles. The molecule has 1 aliphatic carbocycles. The van der Waals surface area contributed by atoms with Gasteiger partial charge < -0.3 is 15.2 Å². The average molecular weight is 343 g/mol. The molecule has 5 heteroatoms. The normalized spacial score (nSPS) is 22.0. The number of anilines is 1. The molecule has 0 spiro atoms. The van der Waals surface area contributed by atoms with Crippen molar-refractivity contribution in [2.24, 2.45) is 0 Å². The Labute approximate surface area is 150 Å². The van der Waals surface area contributed by atoms with Crippen LogP contribution >= 0.6 is 0 Å². The summed E-state index contributed by atoms with van der Waals surface area (Å²) in [5, 5.41) is 17.9. The molecule has 136 valence electrons. The van der Waals surface area contributed by atoms with E-state index in [1.54, 1.807) is 0 Å². The maximum Gasteiger partial charge on any atom is 0.124 e. The third-order valence-electron chi connectivity index (χ3n) is 4.84. The molecule has 0 radical (unpaired) electrons. The van der Waals surface area contributed by atoms with E-state index in [4.69, 9.17) is 4.74 Å². The molecule has 0 amide bonds. The van der Waals surface area contributed by atoms with Gasteiger partial charge in [-0.2, -0.15) is 5.10 Å². The van der Waals surface area contributed by atoms with E-state index in [1.807, 2.05) is 35.1 Å². The lowest BCUT2D eigenvalue weighted by molar-refractivity contribution is 0.00688. The number of hydrogen-bond acceptors (Lipinski definition) is 4. The molecule has 3 rings (SSSR count). The summed E-state index contributed by atoms with van der Waals surface area (Å²) < 4.78 is 7.92. The standard InChI is InChI=1S/C20H29N3O2/c1-14(2)23-13-16(12-21-23)15(3)22-17-8-10-18(11-9-17)25-20-7-5-4-6-19(20)24/h8-15,19-20,22,24H,4-7H2,1-3H3. The minimum Gasteiger partial charge on any atom is -0.488 e. The van der Waals surface area contributed by atoms with Crippen molar-refractivity contribution < 1.29 is 9.84 Å². The highest BCUT2D eigenvalue weighted by Crippen LogP contribution is 2.26. The summed E-state index contributed by atoms with van der Waals surface area (Å²) in [6.07, 6.45) is 7.57. The molecule has 1 aliphatic rings. The first-order valence-electron chi connectivity index (χ1n) is 9.28. The molecule has 1 aromatic heterocycles. The highest BCUT2D eigenvalue weighted by atomic mass is 16.5. The monoisotopic (exact) mass is 343 g/mol. The molecule has 3 unspecified atom stereocenters. The second-order valence-electron chi connectivity index (χ2n) is 7.25. The molecule has 1 aromatic carbocycles. The van der Waals surface area contributed by atoms with Crippen LogP contribution in [0.25, 0.3) is 0 Å². The third-order valence-corrected chi connectivity index (χ3v) is 4.84. The summed E-state index contributed by atoms with van der Waals surface area (Å²) in [4.78, 5) is 0. The largest absolute Gasteiger partial charge is 0.488 e. The van der Waals surface area contributed by atoms with Crippen molar-refractivity contribution >= 4 is 5.69 Å². The predicted octanol–water partition coefficient (Wildman–Crippen LogP) is 4.32. The Morgan fingerprint density at radius 3 is 2.52 bits per heavy atom. The van der Waals surface area contributed by atoms with Crippen molar-refractivity contribution in [3.8, 4) is 5.75 Å². The summed E-state index contributed by atoms with van der Waals surface area (Å²) in [6, 6.07) is 8.52. The maximum atomic E-state index is 10.0. The van der Waals surface area contributed by atoms with Crippen molar-refractivity contribution in [1.82, 2.24) is 9.78 Å². The van der Waals surface area contributed by atoms with Gasteiger partial charge in [-0.15, -0.1) is 0 Å². The van der Waals surface area contributed by atoms with E-state index < -0.39 is 0 Å². The average Bonchev–Trinajstić information content (AvgIpc) is 3.09. The number of aliphatic hydroxyl groups excluding tert-OH is 1. The van der Waals surface area contributed by atoms with Gasteiger partial charge in [0.2, 0.25) is 0 Å². The Hall–Kier alpha value is -2.01. The molecule has 3 atom stereocenters. The van der Waals surface area contributed by atoms with Crippen molar-refractivity contribution in [3.63, 3.8) is 0 Å². The second-order valence-corrected chi connectivity index (χ2v) is 7.25. The minimum absolute atomic E-state index is 0.0756. The Morgan fingerprint density at radius 1 is 1.16 bits per heavy atom. The van der Waals surface area contributed by atoms with Gasteiger partial charge in [0.25, 0.3) is 0 Å². The van der Waals surface area contributed by atoms with E-state index in [9.17, 15) is 5.11 Å². The molecule has 1 heterocycles. The van der Waals surface area contributed by atoms with E-state index in [2.05, 4.69) is 37.4 Å². The van der Waals surface area contributed by atoms with Crippen LogP contribution in [0.4, 0.5) is 5.69 Å². The third kappa shape index (κ3) is 4.54. The maximum absolute atomic E-state index is 10.0. The Bertz CT molecular complexity index is 666. The first kappa shape index (κ1) is 17.8. The summed E-state index contributed by atoms with van der Waals surface area (Å²) in [5.41, 5.74) is 2.21. The summed E-state index contributed by atoms with van der Waals surface area (Å²) in [7, 11) is 0. The number of nitrogens with one attached hydrogen (secondary N) is 1. The van der Waals surface area contributed by atoms with Crippen LogP contribution in [0.1, 0.15) is 64.1 Å². The predicted molar refractivity (Wildman–Crippen MR) is 100.0 cm³/mol. The van der Waals surface area contributed by atoms with Gasteiger partial charge in [-0.25, -0.2) is 0 Å². The molecule has 25 heavy (non-hydrogen) atoms. The van der Waals surface area contributed by atoms with Crippen LogP contribution < -0.4 is 10.1 Å². The topological polar surface area (TPSA) is 59.3 Å². The van der Waals surface area contributed by atoms with Gasteiger partial charge in [-0.1, -0.05) is 6.42 Å². The van der Waals surface area contributed by atoms with E-state index >= 15 is 0 Å². The molecular weight excluding hydrogens is 314 g/mol. The van der Waals surface area contributed by atoms with E-state index in [1.165, 1.54) is 5.56 Å². The molecule has 1 saturated carbocycles. The van der Waals surface area contributed by atoms with Crippen molar-refractivity contribution in [3.05, 3.63) is 42.2 Å². The molecule has 1 fully saturated rings. The molecule has 2 N–H and O–H groups in total. The Kier molecular flexibility index (Phi) is 5.63. The highest BCUT2D eigenvalue weighted by Gasteiger charge is 2.24. The smallest absolute Gasteiger partial charge is 0.124 e. The van der Waals surface area contributed by atoms with Crippen LogP contribution in [0.5, 0.6) is 5.75 Å². The van der Waals surface area contributed by atoms with Crippen LogP contribution in [0.15, 0.2) is 36.7 Å². The first-order valence-corrected chi connectivity index (χ1v) is 9.28.